The maximum Gasteiger partial charge on any atom is 0.248 e. The molecule has 2 aromatic carbocycles. The summed E-state index contributed by atoms with van der Waals surface area (Å²) in [5.74, 6) is -0.928. The summed E-state index contributed by atoms with van der Waals surface area (Å²) in [6, 6.07) is 12.6. The van der Waals surface area contributed by atoms with Gasteiger partial charge in [-0.1, -0.05) is 55.8 Å². The molecule has 0 radical (unpaired) electrons. The van der Waals surface area contributed by atoms with Crippen molar-refractivity contribution < 1.29 is 14.0 Å². The van der Waals surface area contributed by atoms with Crippen molar-refractivity contribution in [2.45, 2.75) is 25.3 Å². The zero-order chi connectivity index (χ0) is 19.6. The largest absolute Gasteiger partial charge is 0.322 e. The Labute approximate surface area is 167 Å². The Morgan fingerprint density at radius 3 is 2.52 bits per heavy atom. The summed E-state index contributed by atoms with van der Waals surface area (Å²) in [6.07, 6.45) is 0. The fourth-order valence-corrected chi connectivity index (χ4v) is 4.75. The minimum absolute atomic E-state index is 0.102. The predicted molar refractivity (Wildman–Crippen MR) is 107 cm³/mol. The molecule has 2 atom stereocenters. The number of halogens is 2. The van der Waals surface area contributed by atoms with E-state index in [2.05, 4.69) is 5.32 Å². The summed E-state index contributed by atoms with van der Waals surface area (Å²) in [5, 5.41) is 2.80. The minimum Gasteiger partial charge on any atom is -0.322 e. The van der Waals surface area contributed by atoms with Crippen LogP contribution in [0.5, 0.6) is 0 Å². The van der Waals surface area contributed by atoms with Gasteiger partial charge in [-0.2, -0.15) is 0 Å². The second-order valence-electron chi connectivity index (χ2n) is 6.59. The normalized spacial score (nSPS) is 19.4. The molecular formula is C20H20ClFN2O2S. The molecule has 1 aliphatic rings. The van der Waals surface area contributed by atoms with E-state index in [1.807, 2.05) is 18.2 Å². The third-order valence-electron chi connectivity index (χ3n) is 4.35. The molecule has 1 fully saturated rings. The lowest BCUT2D eigenvalue weighted by atomic mass is 10.1. The Hall–Kier alpha value is -2.05. The molecule has 0 bridgehead atoms. The summed E-state index contributed by atoms with van der Waals surface area (Å²) in [5.41, 5.74) is 0.894. The molecule has 3 rings (SSSR count). The van der Waals surface area contributed by atoms with Crippen LogP contribution in [0, 0.1) is 11.7 Å². The van der Waals surface area contributed by atoms with E-state index >= 15 is 0 Å². The SMILES string of the molecule is CC(C)C(=O)N1[C@@H](c2ccccc2Cl)SC[C@H]1C(=O)Nc1ccccc1F. The van der Waals surface area contributed by atoms with Gasteiger partial charge in [0, 0.05) is 22.3 Å². The number of thioether (sulfide) groups is 1. The van der Waals surface area contributed by atoms with Crippen LogP contribution in [0.4, 0.5) is 10.1 Å². The quantitative estimate of drug-likeness (QED) is 0.799. The number of anilines is 1. The number of hydrogen-bond donors (Lipinski definition) is 1. The second kappa shape index (κ2) is 8.31. The molecule has 1 N–H and O–H groups in total. The zero-order valence-electron chi connectivity index (χ0n) is 15.0. The van der Waals surface area contributed by atoms with Crippen LogP contribution in [0.25, 0.3) is 0 Å². The third kappa shape index (κ3) is 4.12. The van der Waals surface area contributed by atoms with E-state index in [-0.39, 0.29) is 22.9 Å². The van der Waals surface area contributed by atoms with Crippen molar-refractivity contribution in [3.63, 3.8) is 0 Å². The number of nitrogens with one attached hydrogen (secondary N) is 1. The average Bonchev–Trinajstić information content (AvgIpc) is 3.08. The zero-order valence-corrected chi connectivity index (χ0v) is 16.6. The average molecular weight is 407 g/mol. The highest BCUT2D eigenvalue weighted by molar-refractivity contribution is 7.99. The van der Waals surface area contributed by atoms with Crippen molar-refractivity contribution >= 4 is 40.9 Å². The standard InChI is InChI=1S/C20H20ClFN2O2S/c1-12(2)19(26)24-17(18(25)23-16-10-6-5-9-15(16)22)11-27-20(24)13-7-3-4-8-14(13)21/h3-10,12,17,20H,11H2,1-2H3,(H,23,25)/t17-,20+/m0/s1. The van der Waals surface area contributed by atoms with Gasteiger partial charge in [0.1, 0.15) is 17.2 Å². The van der Waals surface area contributed by atoms with Gasteiger partial charge in [0.15, 0.2) is 0 Å². The molecule has 2 amide bonds. The molecule has 1 heterocycles. The maximum absolute atomic E-state index is 13.9. The van der Waals surface area contributed by atoms with E-state index in [1.54, 1.807) is 36.9 Å². The second-order valence-corrected chi connectivity index (χ2v) is 8.11. The highest BCUT2D eigenvalue weighted by atomic mass is 35.5. The number of benzene rings is 2. The Bertz CT molecular complexity index is 861. The first-order chi connectivity index (χ1) is 12.9. The smallest absolute Gasteiger partial charge is 0.248 e. The van der Waals surface area contributed by atoms with Crippen LogP contribution < -0.4 is 5.32 Å². The summed E-state index contributed by atoms with van der Waals surface area (Å²) >= 11 is 7.81. The minimum atomic E-state index is -0.703. The van der Waals surface area contributed by atoms with E-state index in [1.165, 1.54) is 23.9 Å². The van der Waals surface area contributed by atoms with E-state index in [4.69, 9.17) is 11.6 Å². The van der Waals surface area contributed by atoms with Gasteiger partial charge in [0.25, 0.3) is 0 Å². The number of hydrogen-bond acceptors (Lipinski definition) is 3. The number of rotatable bonds is 4. The fraction of sp³-hybridized carbons (Fsp3) is 0.300. The van der Waals surface area contributed by atoms with Crippen LogP contribution >= 0.6 is 23.4 Å². The molecule has 2 aromatic rings. The Morgan fingerprint density at radius 1 is 1.19 bits per heavy atom. The Balaban J connectivity index is 1.90. The molecule has 0 spiro atoms. The van der Waals surface area contributed by atoms with Crippen LogP contribution in [0.1, 0.15) is 24.8 Å². The fourth-order valence-electron chi connectivity index (χ4n) is 2.97. The number of para-hydroxylation sites is 1. The van der Waals surface area contributed by atoms with Crippen LogP contribution in [0.2, 0.25) is 5.02 Å². The first kappa shape index (κ1) is 19.7. The molecule has 27 heavy (non-hydrogen) atoms. The molecule has 0 unspecified atom stereocenters. The van der Waals surface area contributed by atoms with E-state index in [9.17, 15) is 14.0 Å². The van der Waals surface area contributed by atoms with Gasteiger partial charge in [-0.05, 0) is 18.2 Å². The third-order valence-corrected chi connectivity index (χ3v) is 6.00. The van der Waals surface area contributed by atoms with Crippen LogP contribution in [-0.4, -0.2) is 28.5 Å². The summed E-state index contributed by atoms with van der Waals surface area (Å²) in [4.78, 5) is 27.3. The van der Waals surface area contributed by atoms with E-state index in [0.717, 1.165) is 5.56 Å². The maximum atomic E-state index is 13.9. The molecule has 1 saturated heterocycles. The molecule has 7 heteroatoms. The van der Waals surface area contributed by atoms with Gasteiger partial charge in [-0.25, -0.2) is 4.39 Å². The summed E-state index contributed by atoms with van der Waals surface area (Å²) < 4.78 is 13.9. The number of carbonyl (C=O) groups excluding carboxylic acids is 2. The molecule has 0 aromatic heterocycles. The topological polar surface area (TPSA) is 49.4 Å². The molecular weight excluding hydrogens is 387 g/mol. The van der Waals surface area contributed by atoms with Gasteiger partial charge in [0.2, 0.25) is 11.8 Å². The van der Waals surface area contributed by atoms with Gasteiger partial charge in [0.05, 0.1) is 5.69 Å². The summed E-state index contributed by atoms with van der Waals surface area (Å²) in [7, 11) is 0. The van der Waals surface area contributed by atoms with Crippen molar-refractivity contribution in [1.29, 1.82) is 0 Å². The highest BCUT2D eigenvalue weighted by Crippen LogP contribution is 2.44. The van der Waals surface area contributed by atoms with Crippen molar-refractivity contribution in [2.75, 3.05) is 11.1 Å². The summed E-state index contributed by atoms with van der Waals surface area (Å²) in [6.45, 7) is 3.58. The van der Waals surface area contributed by atoms with Crippen molar-refractivity contribution in [2.24, 2.45) is 5.92 Å². The molecule has 0 saturated carbocycles. The van der Waals surface area contributed by atoms with Crippen LogP contribution in [0.3, 0.4) is 0 Å². The Morgan fingerprint density at radius 2 is 1.85 bits per heavy atom. The predicted octanol–water partition coefficient (Wildman–Crippen LogP) is 4.72. The van der Waals surface area contributed by atoms with Crippen LogP contribution in [0.15, 0.2) is 48.5 Å². The van der Waals surface area contributed by atoms with E-state index < -0.39 is 17.8 Å². The number of nitrogens with zero attached hydrogens (tertiary/aromatic N) is 1. The molecule has 4 nitrogen and oxygen atoms in total. The van der Waals surface area contributed by atoms with Crippen LogP contribution in [-0.2, 0) is 9.59 Å². The number of amides is 2. The highest BCUT2D eigenvalue weighted by Gasteiger charge is 2.43. The van der Waals surface area contributed by atoms with E-state index in [0.29, 0.717) is 10.8 Å². The molecule has 142 valence electrons. The van der Waals surface area contributed by atoms with Crippen molar-refractivity contribution in [3.05, 3.63) is 64.9 Å². The molecule has 1 aliphatic heterocycles. The number of carbonyl (C=O) groups is 2. The lowest BCUT2D eigenvalue weighted by Crippen LogP contribution is -2.47. The lowest BCUT2D eigenvalue weighted by Gasteiger charge is -2.31. The Kier molecular flexibility index (Phi) is 6.07. The lowest BCUT2D eigenvalue weighted by molar-refractivity contribution is -0.140. The van der Waals surface area contributed by atoms with Gasteiger partial charge >= 0.3 is 0 Å². The van der Waals surface area contributed by atoms with Gasteiger partial charge in [-0.3, -0.25) is 9.59 Å². The van der Waals surface area contributed by atoms with Crippen molar-refractivity contribution in [1.82, 2.24) is 4.90 Å². The first-order valence-electron chi connectivity index (χ1n) is 8.63. The van der Waals surface area contributed by atoms with Gasteiger partial charge < -0.3 is 10.2 Å². The van der Waals surface area contributed by atoms with Gasteiger partial charge in [-0.15, -0.1) is 11.8 Å². The monoisotopic (exact) mass is 406 g/mol. The molecule has 0 aliphatic carbocycles. The van der Waals surface area contributed by atoms with Crippen molar-refractivity contribution in [3.8, 4) is 0 Å². The first-order valence-corrected chi connectivity index (χ1v) is 10.1.